The highest BCUT2D eigenvalue weighted by Gasteiger charge is 2.17. The van der Waals surface area contributed by atoms with Crippen molar-refractivity contribution in [1.29, 1.82) is 0 Å². The molecule has 0 radical (unpaired) electrons. The van der Waals surface area contributed by atoms with Gasteiger partial charge in [-0.25, -0.2) is 9.97 Å². The average Bonchev–Trinajstić information content (AvgIpc) is 2.96. The molecule has 0 aliphatic rings. The third kappa shape index (κ3) is 2.68. The summed E-state index contributed by atoms with van der Waals surface area (Å²) in [5.41, 5.74) is 6.10. The molecule has 36 heavy (non-hydrogen) atoms. The molecule has 0 saturated heterocycles. The van der Waals surface area contributed by atoms with Crippen molar-refractivity contribution in [3.8, 4) is 11.4 Å². The highest BCUT2D eigenvalue weighted by atomic mass is 14.8. The predicted molar refractivity (Wildman–Crippen MR) is 146 cm³/mol. The standard InChI is InChI=1S/C31H17N5/c1-2-8-24-21(7-1)26-22-13-11-19-6-4-16-33-28(19)31(22)34-17-23(26)30(35-24)25-14-12-20-10-9-18-5-3-15-32-27(18)29(20)36-25/h1-17H. The minimum atomic E-state index is 0.802. The van der Waals surface area contributed by atoms with E-state index >= 15 is 0 Å². The molecule has 0 unspecified atom stereocenters. The zero-order valence-electron chi connectivity index (χ0n) is 19.1. The number of hydrogen-bond donors (Lipinski definition) is 0. The van der Waals surface area contributed by atoms with Crippen molar-refractivity contribution in [3.63, 3.8) is 0 Å². The van der Waals surface area contributed by atoms with Crippen molar-refractivity contribution >= 4 is 65.3 Å². The molecule has 0 saturated carbocycles. The number of para-hydroxylation sites is 1. The third-order valence-electron chi connectivity index (χ3n) is 6.94. The van der Waals surface area contributed by atoms with Gasteiger partial charge in [0.15, 0.2) is 0 Å². The van der Waals surface area contributed by atoms with Crippen LogP contribution in [0.3, 0.4) is 0 Å². The fraction of sp³-hybridized carbons (Fsp3) is 0. The normalized spacial score (nSPS) is 11.9. The van der Waals surface area contributed by atoms with Gasteiger partial charge in [-0.2, -0.15) is 0 Å². The Kier molecular flexibility index (Phi) is 3.88. The van der Waals surface area contributed by atoms with E-state index in [1.54, 1.807) is 0 Å². The number of aromatic nitrogens is 5. The van der Waals surface area contributed by atoms with Crippen molar-refractivity contribution in [3.05, 3.63) is 104 Å². The zero-order chi connectivity index (χ0) is 23.6. The Balaban J connectivity index is 1.52. The molecule has 0 amide bonds. The highest BCUT2D eigenvalue weighted by Crippen LogP contribution is 2.37. The van der Waals surface area contributed by atoms with Gasteiger partial charge in [-0.3, -0.25) is 15.0 Å². The SMILES string of the molecule is c1cnc2c(c1)ccc1ccc(-c3nc4ccccc4c4c3cnc3c4ccc4cccnc43)nc12. The smallest absolute Gasteiger partial charge is 0.0988 e. The lowest BCUT2D eigenvalue weighted by molar-refractivity contribution is 1.32. The monoisotopic (exact) mass is 459 g/mol. The number of benzene rings is 3. The van der Waals surface area contributed by atoms with Gasteiger partial charge in [0, 0.05) is 56.3 Å². The van der Waals surface area contributed by atoms with Crippen LogP contribution >= 0.6 is 0 Å². The van der Waals surface area contributed by atoms with Crippen LogP contribution in [0.4, 0.5) is 0 Å². The van der Waals surface area contributed by atoms with Crippen molar-refractivity contribution < 1.29 is 0 Å². The summed E-state index contributed by atoms with van der Waals surface area (Å²) < 4.78 is 0. The minimum Gasteiger partial charge on any atom is -0.254 e. The van der Waals surface area contributed by atoms with Crippen LogP contribution in [0.5, 0.6) is 0 Å². The van der Waals surface area contributed by atoms with Gasteiger partial charge in [-0.15, -0.1) is 0 Å². The minimum absolute atomic E-state index is 0.802. The Morgan fingerprint density at radius 2 is 1.14 bits per heavy atom. The molecule has 0 N–H and O–H groups in total. The fourth-order valence-electron chi connectivity index (χ4n) is 5.28. The summed E-state index contributed by atoms with van der Waals surface area (Å²) in [6.45, 7) is 0. The largest absolute Gasteiger partial charge is 0.254 e. The summed E-state index contributed by atoms with van der Waals surface area (Å²) >= 11 is 0. The Bertz CT molecular complexity index is 2170. The molecule has 0 spiro atoms. The summed E-state index contributed by atoms with van der Waals surface area (Å²) in [6, 6.07) is 28.9. The van der Waals surface area contributed by atoms with Gasteiger partial charge in [0.1, 0.15) is 0 Å². The van der Waals surface area contributed by atoms with Crippen LogP contribution in [0.2, 0.25) is 0 Å². The van der Waals surface area contributed by atoms with Crippen molar-refractivity contribution in [2.75, 3.05) is 0 Å². The topological polar surface area (TPSA) is 64.5 Å². The first-order valence-electron chi connectivity index (χ1n) is 11.8. The number of pyridine rings is 5. The Hall–Kier alpha value is -5.03. The van der Waals surface area contributed by atoms with E-state index in [1.165, 1.54) is 0 Å². The molecule has 8 aromatic rings. The van der Waals surface area contributed by atoms with Crippen LogP contribution in [-0.4, -0.2) is 24.9 Å². The van der Waals surface area contributed by atoms with E-state index in [-0.39, 0.29) is 0 Å². The van der Waals surface area contributed by atoms with Crippen LogP contribution in [0, 0.1) is 0 Å². The lowest BCUT2D eigenvalue weighted by atomic mass is 9.98. The zero-order valence-corrected chi connectivity index (χ0v) is 19.1. The average molecular weight is 460 g/mol. The molecule has 5 heteroatoms. The van der Waals surface area contributed by atoms with E-state index in [4.69, 9.17) is 15.0 Å². The van der Waals surface area contributed by atoms with E-state index in [9.17, 15) is 0 Å². The maximum Gasteiger partial charge on any atom is 0.0988 e. The van der Waals surface area contributed by atoms with E-state index < -0.39 is 0 Å². The summed E-state index contributed by atoms with van der Waals surface area (Å²) in [5, 5.41) is 7.43. The van der Waals surface area contributed by atoms with Crippen LogP contribution in [0.15, 0.2) is 104 Å². The first-order valence-corrected chi connectivity index (χ1v) is 11.8. The summed E-state index contributed by atoms with van der Waals surface area (Å²) in [5.74, 6) is 0. The molecule has 0 bridgehead atoms. The van der Waals surface area contributed by atoms with Crippen LogP contribution in [-0.2, 0) is 0 Å². The second-order valence-corrected chi connectivity index (χ2v) is 8.97. The molecule has 0 fully saturated rings. The number of fused-ring (bicyclic) bond motifs is 10. The highest BCUT2D eigenvalue weighted by molar-refractivity contribution is 6.24. The molecule has 5 heterocycles. The second-order valence-electron chi connectivity index (χ2n) is 8.97. The third-order valence-corrected chi connectivity index (χ3v) is 6.94. The van der Waals surface area contributed by atoms with Crippen LogP contribution < -0.4 is 0 Å². The first kappa shape index (κ1) is 19.3. The van der Waals surface area contributed by atoms with Crippen molar-refractivity contribution in [2.45, 2.75) is 0 Å². The molecule has 0 atom stereocenters. The summed E-state index contributed by atoms with van der Waals surface area (Å²) in [6.07, 6.45) is 5.56. The van der Waals surface area contributed by atoms with Gasteiger partial charge >= 0.3 is 0 Å². The van der Waals surface area contributed by atoms with Crippen molar-refractivity contribution in [1.82, 2.24) is 24.9 Å². The maximum absolute atomic E-state index is 5.10. The van der Waals surface area contributed by atoms with Gasteiger partial charge < -0.3 is 0 Å². The Labute approximate surface area is 205 Å². The quantitative estimate of drug-likeness (QED) is 0.242. The number of nitrogens with zero attached hydrogens (tertiary/aromatic N) is 5. The number of hydrogen-bond acceptors (Lipinski definition) is 5. The Morgan fingerprint density at radius 1 is 0.444 bits per heavy atom. The van der Waals surface area contributed by atoms with Crippen molar-refractivity contribution in [2.24, 2.45) is 0 Å². The molecular weight excluding hydrogens is 442 g/mol. The molecule has 0 aliphatic carbocycles. The molecule has 5 aromatic heterocycles. The number of rotatable bonds is 1. The molecule has 166 valence electrons. The fourth-order valence-corrected chi connectivity index (χ4v) is 5.28. The Morgan fingerprint density at radius 3 is 1.97 bits per heavy atom. The lowest BCUT2D eigenvalue weighted by Gasteiger charge is -2.13. The maximum atomic E-state index is 5.10. The van der Waals surface area contributed by atoms with E-state index in [2.05, 4.69) is 70.6 Å². The molecular formula is C31H17N5. The lowest BCUT2D eigenvalue weighted by Crippen LogP contribution is -1.95. The van der Waals surface area contributed by atoms with Gasteiger partial charge in [0.25, 0.3) is 0 Å². The molecule has 3 aromatic carbocycles. The van der Waals surface area contributed by atoms with E-state index in [0.717, 1.165) is 76.7 Å². The van der Waals surface area contributed by atoms with Gasteiger partial charge in [-0.1, -0.05) is 60.7 Å². The van der Waals surface area contributed by atoms with Gasteiger partial charge in [0.2, 0.25) is 0 Å². The second kappa shape index (κ2) is 7.23. The van der Waals surface area contributed by atoms with E-state index in [0.29, 0.717) is 0 Å². The molecule has 8 rings (SSSR count). The van der Waals surface area contributed by atoms with Gasteiger partial charge in [0.05, 0.1) is 39.0 Å². The summed E-state index contributed by atoms with van der Waals surface area (Å²) in [4.78, 5) is 24.4. The summed E-state index contributed by atoms with van der Waals surface area (Å²) in [7, 11) is 0. The van der Waals surface area contributed by atoms with Crippen LogP contribution in [0.25, 0.3) is 76.7 Å². The van der Waals surface area contributed by atoms with Crippen LogP contribution in [0.1, 0.15) is 0 Å². The van der Waals surface area contributed by atoms with Gasteiger partial charge in [-0.05, 0) is 24.3 Å². The molecule has 5 nitrogen and oxygen atoms in total. The first-order chi connectivity index (χ1) is 17.8. The van der Waals surface area contributed by atoms with E-state index in [1.807, 2.05) is 42.9 Å². The predicted octanol–water partition coefficient (Wildman–Crippen LogP) is 7.25. The molecule has 0 aliphatic heterocycles.